The number of esters is 1. The Balaban J connectivity index is 1.90. The minimum absolute atomic E-state index is 0.0452. The number of non-ortho nitro benzene ring substituents is 1. The number of anilines is 2. The van der Waals surface area contributed by atoms with E-state index in [1.54, 1.807) is 0 Å². The maximum Gasteiger partial charge on any atom is 0.342 e. The third kappa shape index (κ3) is 6.55. The molecule has 2 N–H and O–H groups in total. The molecule has 0 aliphatic rings. The number of amides is 1. The van der Waals surface area contributed by atoms with Gasteiger partial charge >= 0.3 is 5.97 Å². The van der Waals surface area contributed by atoms with Crippen molar-refractivity contribution in [2.75, 3.05) is 31.4 Å². The third-order valence-electron chi connectivity index (χ3n) is 5.41. The monoisotopic (exact) mass is 577 g/mol. The average molecular weight is 578 g/mol. The molecule has 0 aromatic heterocycles. The van der Waals surface area contributed by atoms with Crippen molar-refractivity contribution < 1.29 is 46.3 Å². The van der Waals surface area contributed by atoms with Crippen LogP contribution in [0.1, 0.15) is 17.3 Å². The molecule has 0 aliphatic heterocycles. The Morgan fingerprint density at radius 2 is 1.62 bits per heavy atom. The van der Waals surface area contributed by atoms with Gasteiger partial charge in [-0.3, -0.25) is 19.6 Å². The van der Waals surface area contributed by atoms with E-state index >= 15 is 0 Å². The average Bonchev–Trinajstić information content (AvgIpc) is 2.93. The first-order valence-corrected chi connectivity index (χ1v) is 12.8. The summed E-state index contributed by atoms with van der Waals surface area (Å²) in [5, 5.41) is 13.5. The van der Waals surface area contributed by atoms with Crippen LogP contribution in [0.4, 0.5) is 21.5 Å². The summed E-state index contributed by atoms with van der Waals surface area (Å²) in [5.74, 6) is -3.10. The number of sulfonamides is 1. The number of hydrogen-bond acceptors (Lipinski definition) is 10. The van der Waals surface area contributed by atoms with Gasteiger partial charge in [-0.1, -0.05) is 12.1 Å². The zero-order valence-electron chi connectivity index (χ0n) is 21.6. The molecular weight excluding hydrogens is 553 g/mol. The predicted molar refractivity (Wildman–Crippen MR) is 140 cm³/mol. The summed E-state index contributed by atoms with van der Waals surface area (Å²) in [6, 6.07) is 10.6. The first-order chi connectivity index (χ1) is 18.9. The number of benzene rings is 3. The SMILES string of the molecule is COc1ccc([N+](=O)[O-])cc1NC(=O)C(C)OC(=O)c1cc(S(=O)(=O)Nc2ccccc2F)cc(OC)c1OC. The van der Waals surface area contributed by atoms with Gasteiger partial charge in [-0.05, 0) is 31.2 Å². The summed E-state index contributed by atoms with van der Waals surface area (Å²) in [6.07, 6.45) is -1.47. The number of carbonyl (C=O) groups excluding carboxylic acids is 2. The van der Waals surface area contributed by atoms with Crippen LogP contribution in [0.3, 0.4) is 0 Å². The quantitative estimate of drug-likeness (QED) is 0.194. The Labute approximate surface area is 228 Å². The van der Waals surface area contributed by atoms with Crippen molar-refractivity contribution in [1.29, 1.82) is 0 Å². The molecule has 3 aromatic carbocycles. The zero-order chi connectivity index (χ0) is 29.6. The lowest BCUT2D eigenvalue weighted by Crippen LogP contribution is -2.30. The van der Waals surface area contributed by atoms with Crippen molar-refractivity contribution >= 4 is 39.0 Å². The van der Waals surface area contributed by atoms with E-state index in [1.165, 1.54) is 58.6 Å². The maximum atomic E-state index is 14.1. The van der Waals surface area contributed by atoms with Crippen LogP contribution in [-0.2, 0) is 19.6 Å². The zero-order valence-corrected chi connectivity index (χ0v) is 22.4. The van der Waals surface area contributed by atoms with Gasteiger partial charge in [0.1, 0.15) is 17.1 Å². The highest BCUT2D eigenvalue weighted by atomic mass is 32.2. The minimum atomic E-state index is -4.44. The van der Waals surface area contributed by atoms with E-state index in [-0.39, 0.29) is 34.3 Å². The first-order valence-electron chi connectivity index (χ1n) is 11.3. The van der Waals surface area contributed by atoms with Gasteiger partial charge in [0.25, 0.3) is 21.6 Å². The van der Waals surface area contributed by atoms with Crippen molar-refractivity contribution in [2.24, 2.45) is 0 Å². The van der Waals surface area contributed by atoms with Crippen molar-refractivity contribution in [3.63, 3.8) is 0 Å². The predicted octanol–water partition coefficient (Wildman–Crippen LogP) is 3.74. The number of para-hydroxylation sites is 1. The highest BCUT2D eigenvalue weighted by Gasteiger charge is 2.28. The second-order valence-electron chi connectivity index (χ2n) is 7.97. The van der Waals surface area contributed by atoms with Crippen molar-refractivity contribution in [1.82, 2.24) is 0 Å². The highest BCUT2D eigenvalue weighted by molar-refractivity contribution is 7.92. The Hall–Kier alpha value is -4.92. The number of halogens is 1. The number of rotatable bonds is 11. The second-order valence-corrected chi connectivity index (χ2v) is 9.65. The molecule has 0 radical (unpaired) electrons. The Morgan fingerprint density at radius 3 is 2.23 bits per heavy atom. The van der Waals surface area contributed by atoms with Crippen LogP contribution in [0.2, 0.25) is 0 Å². The van der Waals surface area contributed by atoms with Gasteiger partial charge in [-0.25, -0.2) is 17.6 Å². The fourth-order valence-electron chi connectivity index (χ4n) is 3.41. The third-order valence-corrected chi connectivity index (χ3v) is 6.75. The number of nitro groups is 1. The van der Waals surface area contributed by atoms with Gasteiger partial charge in [-0.2, -0.15) is 0 Å². The van der Waals surface area contributed by atoms with Crippen LogP contribution in [0.25, 0.3) is 0 Å². The van der Waals surface area contributed by atoms with Crippen molar-refractivity contribution in [2.45, 2.75) is 17.9 Å². The number of nitrogens with one attached hydrogen (secondary N) is 2. The van der Waals surface area contributed by atoms with Crippen molar-refractivity contribution in [3.05, 3.63) is 76.1 Å². The summed E-state index contributed by atoms with van der Waals surface area (Å²) in [6.45, 7) is 1.22. The van der Waals surface area contributed by atoms with Crippen molar-refractivity contribution in [3.8, 4) is 17.2 Å². The lowest BCUT2D eigenvalue weighted by Gasteiger charge is -2.18. The lowest BCUT2D eigenvalue weighted by atomic mass is 10.2. The summed E-state index contributed by atoms with van der Waals surface area (Å²) < 4.78 is 62.9. The molecule has 0 spiro atoms. The van der Waals surface area contributed by atoms with E-state index in [1.807, 2.05) is 0 Å². The summed E-state index contributed by atoms with van der Waals surface area (Å²) >= 11 is 0. The number of nitro benzene ring substituents is 1. The molecule has 212 valence electrons. The van der Waals surface area contributed by atoms with Gasteiger partial charge in [-0.15, -0.1) is 0 Å². The molecule has 0 saturated heterocycles. The molecule has 0 aliphatic carbocycles. The fraction of sp³-hybridized carbons (Fsp3) is 0.200. The van der Waals surface area contributed by atoms with Crippen LogP contribution in [0.5, 0.6) is 17.2 Å². The molecule has 1 atom stereocenters. The maximum absolute atomic E-state index is 14.1. The summed E-state index contributed by atoms with van der Waals surface area (Å²) in [5.41, 5.74) is -1.11. The number of carbonyl (C=O) groups is 2. The van der Waals surface area contributed by atoms with Gasteiger partial charge in [0.2, 0.25) is 0 Å². The molecular formula is C25H24FN3O10S. The smallest absolute Gasteiger partial charge is 0.342 e. The molecule has 3 aromatic rings. The molecule has 0 saturated carbocycles. The van der Waals surface area contributed by atoms with Crippen LogP contribution in [-0.4, -0.2) is 52.7 Å². The van der Waals surface area contributed by atoms with E-state index in [0.29, 0.717) is 0 Å². The fourth-order valence-corrected chi connectivity index (χ4v) is 4.52. The van der Waals surface area contributed by atoms with Crippen LogP contribution >= 0.6 is 0 Å². The number of methoxy groups -OCH3 is 3. The molecule has 0 fully saturated rings. The Bertz CT molecular complexity index is 1560. The minimum Gasteiger partial charge on any atom is -0.495 e. The first kappa shape index (κ1) is 29.6. The normalized spacial score (nSPS) is 11.6. The molecule has 13 nitrogen and oxygen atoms in total. The van der Waals surface area contributed by atoms with E-state index in [4.69, 9.17) is 18.9 Å². The molecule has 1 unspecified atom stereocenters. The lowest BCUT2D eigenvalue weighted by molar-refractivity contribution is -0.384. The van der Waals surface area contributed by atoms with Crippen LogP contribution < -0.4 is 24.2 Å². The Kier molecular flexibility index (Phi) is 9.11. The highest BCUT2D eigenvalue weighted by Crippen LogP contribution is 2.36. The summed E-state index contributed by atoms with van der Waals surface area (Å²) in [7, 11) is -0.738. The molecule has 40 heavy (non-hydrogen) atoms. The largest absolute Gasteiger partial charge is 0.495 e. The standard InChI is InChI=1S/C25H24FN3O10S/c1-14(24(30)27-20-11-15(29(32)33)9-10-21(20)36-2)39-25(31)17-12-16(13-22(37-3)23(17)38-4)40(34,35)28-19-8-6-5-7-18(19)26/h5-14,28H,1-4H3,(H,27,30). The number of nitrogens with zero attached hydrogens (tertiary/aromatic N) is 1. The van der Waals surface area contributed by atoms with Crippen LogP contribution in [0.15, 0.2) is 59.5 Å². The molecule has 0 heterocycles. The summed E-state index contributed by atoms with van der Waals surface area (Å²) in [4.78, 5) is 35.8. The van der Waals surface area contributed by atoms with E-state index in [2.05, 4.69) is 10.0 Å². The van der Waals surface area contributed by atoms with Gasteiger partial charge in [0.15, 0.2) is 17.6 Å². The second kappa shape index (κ2) is 12.3. The molecule has 15 heteroatoms. The number of hydrogen-bond donors (Lipinski definition) is 2. The van der Waals surface area contributed by atoms with Crippen LogP contribution in [0, 0.1) is 15.9 Å². The molecule has 1 amide bonds. The van der Waals surface area contributed by atoms with Gasteiger partial charge < -0.3 is 24.3 Å². The van der Waals surface area contributed by atoms with Gasteiger partial charge in [0, 0.05) is 18.2 Å². The van der Waals surface area contributed by atoms with E-state index < -0.39 is 49.2 Å². The van der Waals surface area contributed by atoms with E-state index in [9.17, 15) is 32.5 Å². The topological polar surface area (TPSA) is 172 Å². The Morgan fingerprint density at radius 1 is 0.950 bits per heavy atom. The number of ether oxygens (including phenoxy) is 4. The van der Waals surface area contributed by atoms with E-state index in [0.717, 1.165) is 24.3 Å². The van der Waals surface area contributed by atoms with Gasteiger partial charge in [0.05, 0.1) is 42.5 Å². The molecule has 0 bridgehead atoms. The molecule has 3 rings (SSSR count).